The van der Waals surface area contributed by atoms with Crippen LogP contribution in [0.15, 0.2) is 95.0 Å². The van der Waals surface area contributed by atoms with Crippen molar-refractivity contribution < 1.29 is 38.9 Å². The van der Waals surface area contributed by atoms with Crippen molar-refractivity contribution in [2.75, 3.05) is 13.7 Å². The normalized spacial score (nSPS) is 27.9. The SMILES string of the molecule is COc1cc(Br)cc(C2C3=CCC4C(=O)N(CCC(=O)O)C(=O)C4C3CC3C(=O)C(c4ccccc4)=CC(=O)C32c2ccccc2)c1O. The first kappa shape index (κ1) is 31.8. The van der Waals surface area contributed by atoms with Crippen LogP contribution in [0.5, 0.6) is 11.5 Å². The number of imide groups is 1. The van der Waals surface area contributed by atoms with Gasteiger partial charge in [-0.15, -0.1) is 0 Å². The maximum absolute atomic E-state index is 15.1. The summed E-state index contributed by atoms with van der Waals surface area (Å²) in [6.45, 7) is -0.245. The second-order valence-corrected chi connectivity index (χ2v) is 13.7. The Balaban J connectivity index is 1.50. The van der Waals surface area contributed by atoms with Crippen LogP contribution in [-0.2, 0) is 29.4 Å². The molecule has 2 amide bonds. The van der Waals surface area contributed by atoms with E-state index in [-0.39, 0.29) is 54.4 Å². The first-order valence-electron chi connectivity index (χ1n) is 15.8. The third-order valence-corrected chi connectivity index (χ3v) is 11.1. The number of nitrogens with zero attached hydrogens (tertiary/aromatic N) is 1. The molecule has 6 unspecified atom stereocenters. The van der Waals surface area contributed by atoms with E-state index in [2.05, 4.69) is 15.9 Å². The van der Waals surface area contributed by atoms with Crippen LogP contribution in [-0.4, -0.2) is 58.1 Å². The molecule has 0 spiro atoms. The lowest BCUT2D eigenvalue weighted by molar-refractivity contribution is -0.142. The Bertz CT molecular complexity index is 1940. The van der Waals surface area contributed by atoms with E-state index in [1.165, 1.54) is 13.2 Å². The van der Waals surface area contributed by atoms with E-state index >= 15 is 4.79 Å². The Hall–Kier alpha value is -4.83. The van der Waals surface area contributed by atoms with Gasteiger partial charge in [-0.1, -0.05) is 88.2 Å². The summed E-state index contributed by atoms with van der Waals surface area (Å²) >= 11 is 3.54. The van der Waals surface area contributed by atoms with Crippen molar-refractivity contribution in [1.29, 1.82) is 0 Å². The number of phenolic OH excluding ortho intramolecular Hbond substituents is 1. The van der Waals surface area contributed by atoms with E-state index in [0.717, 1.165) is 4.90 Å². The molecule has 9 nitrogen and oxygen atoms in total. The number of likely N-dealkylation sites (tertiary alicyclic amines) is 1. The molecule has 1 saturated carbocycles. The molecule has 0 bridgehead atoms. The molecular formula is C38H32BrNO8. The topological polar surface area (TPSA) is 138 Å². The maximum atomic E-state index is 15.1. The molecule has 3 aromatic carbocycles. The fourth-order valence-corrected chi connectivity index (χ4v) is 9.14. The molecule has 1 heterocycles. The number of hydrogen-bond donors (Lipinski definition) is 2. The molecule has 2 N–H and O–H groups in total. The van der Waals surface area contributed by atoms with Crippen LogP contribution < -0.4 is 4.74 Å². The van der Waals surface area contributed by atoms with Crippen LogP contribution in [0.2, 0.25) is 0 Å². The number of allylic oxidation sites excluding steroid dienone is 4. The fraction of sp³-hybridized carbons (Fsp3) is 0.289. The average Bonchev–Trinajstić information content (AvgIpc) is 3.34. The van der Waals surface area contributed by atoms with Crippen LogP contribution in [0.4, 0.5) is 0 Å². The number of aromatic hydroxyl groups is 1. The Morgan fingerprint density at radius 1 is 0.979 bits per heavy atom. The van der Waals surface area contributed by atoms with E-state index in [1.807, 2.05) is 42.5 Å². The van der Waals surface area contributed by atoms with Crippen LogP contribution >= 0.6 is 15.9 Å². The van der Waals surface area contributed by atoms with Gasteiger partial charge in [0.05, 0.1) is 30.8 Å². The largest absolute Gasteiger partial charge is 0.504 e. The smallest absolute Gasteiger partial charge is 0.305 e. The highest BCUT2D eigenvalue weighted by Gasteiger charge is 2.66. The average molecular weight is 711 g/mol. The summed E-state index contributed by atoms with van der Waals surface area (Å²) in [5.41, 5.74) is 0.981. The zero-order chi connectivity index (χ0) is 33.9. The van der Waals surface area contributed by atoms with Gasteiger partial charge in [0.2, 0.25) is 11.8 Å². The highest BCUT2D eigenvalue weighted by Crippen LogP contribution is 2.65. The molecule has 1 aliphatic heterocycles. The highest BCUT2D eigenvalue weighted by molar-refractivity contribution is 9.10. The molecule has 48 heavy (non-hydrogen) atoms. The first-order chi connectivity index (χ1) is 23.1. The Kier molecular flexibility index (Phi) is 7.94. The summed E-state index contributed by atoms with van der Waals surface area (Å²) in [6, 6.07) is 21.4. The summed E-state index contributed by atoms with van der Waals surface area (Å²) in [4.78, 5) is 70.1. The van der Waals surface area contributed by atoms with Crippen molar-refractivity contribution in [2.24, 2.45) is 23.7 Å². The molecule has 2 fully saturated rings. The van der Waals surface area contributed by atoms with E-state index in [9.17, 15) is 29.4 Å². The standard InChI is InChI=1S/C38H32BrNO8/c1-48-29-17-22(39)16-27(35(29)45)33-23-12-13-24-32(37(47)40(36(24)46)15-14-31(42)43)26(23)18-28-34(44)25(20-8-4-2-5-9-20)19-30(41)38(28,33)21-10-6-3-7-11-21/h2-12,16-17,19,24,26,28,32-33,45H,13-15,18H2,1H3,(H,42,43). The summed E-state index contributed by atoms with van der Waals surface area (Å²) in [6.07, 6.45) is 3.23. The van der Waals surface area contributed by atoms with Crippen molar-refractivity contribution in [2.45, 2.75) is 30.6 Å². The zero-order valence-corrected chi connectivity index (χ0v) is 27.6. The number of carbonyl (C=O) groups is 5. The Labute approximate surface area is 285 Å². The van der Waals surface area contributed by atoms with Gasteiger partial charge in [-0.25, -0.2) is 0 Å². The number of amides is 2. The van der Waals surface area contributed by atoms with Gasteiger partial charge in [-0.05, 0) is 48.1 Å². The third kappa shape index (κ3) is 4.68. The van der Waals surface area contributed by atoms with Crippen LogP contribution in [0, 0.1) is 23.7 Å². The minimum absolute atomic E-state index is 0.102. The number of ketones is 2. The van der Waals surface area contributed by atoms with Crippen LogP contribution in [0.1, 0.15) is 41.9 Å². The number of benzene rings is 3. The highest BCUT2D eigenvalue weighted by atomic mass is 79.9. The summed E-state index contributed by atoms with van der Waals surface area (Å²) in [5.74, 6) is -6.75. The van der Waals surface area contributed by atoms with Gasteiger partial charge in [0, 0.05) is 34.0 Å². The summed E-state index contributed by atoms with van der Waals surface area (Å²) in [7, 11) is 1.42. The Morgan fingerprint density at radius 2 is 1.67 bits per heavy atom. The fourth-order valence-electron chi connectivity index (χ4n) is 8.68. The van der Waals surface area contributed by atoms with E-state index in [0.29, 0.717) is 26.7 Å². The number of ether oxygens (including phenoxy) is 1. The van der Waals surface area contributed by atoms with Gasteiger partial charge in [0.15, 0.2) is 23.1 Å². The van der Waals surface area contributed by atoms with Gasteiger partial charge >= 0.3 is 5.97 Å². The van der Waals surface area contributed by atoms with Gasteiger partial charge in [-0.2, -0.15) is 0 Å². The quantitative estimate of drug-likeness (QED) is 0.244. The van der Waals surface area contributed by atoms with Gasteiger partial charge in [-0.3, -0.25) is 28.9 Å². The van der Waals surface area contributed by atoms with Gasteiger partial charge in [0.1, 0.15) is 0 Å². The minimum atomic E-state index is -1.51. The lowest BCUT2D eigenvalue weighted by atomic mass is 9.44. The zero-order valence-electron chi connectivity index (χ0n) is 26.0. The monoisotopic (exact) mass is 709 g/mol. The van der Waals surface area contributed by atoms with Crippen molar-refractivity contribution in [1.82, 2.24) is 4.90 Å². The lowest BCUT2D eigenvalue weighted by Crippen LogP contribution is -2.58. The minimum Gasteiger partial charge on any atom is -0.504 e. The molecule has 0 aromatic heterocycles. The van der Waals surface area contributed by atoms with Crippen molar-refractivity contribution in [3.05, 3.63) is 112 Å². The van der Waals surface area contributed by atoms with E-state index in [4.69, 9.17) is 4.74 Å². The predicted octanol–water partition coefficient (Wildman–Crippen LogP) is 5.46. The second kappa shape index (κ2) is 12.0. The predicted molar refractivity (Wildman–Crippen MR) is 178 cm³/mol. The number of methoxy groups -OCH3 is 1. The summed E-state index contributed by atoms with van der Waals surface area (Å²) < 4.78 is 6.11. The number of hydrogen-bond acceptors (Lipinski definition) is 7. The van der Waals surface area contributed by atoms with Crippen LogP contribution in [0.3, 0.4) is 0 Å². The first-order valence-corrected chi connectivity index (χ1v) is 16.6. The molecule has 4 aliphatic rings. The number of phenols is 1. The molecule has 10 heteroatoms. The molecule has 3 aromatic rings. The molecular weight excluding hydrogens is 678 g/mol. The van der Waals surface area contributed by atoms with Gasteiger partial charge < -0.3 is 14.9 Å². The number of carboxylic acids is 1. The molecule has 244 valence electrons. The molecule has 0 radical (unpaired) electrons. The lowest BCUT2D eigenvalue weighted by Gasteiger charge is -2.55. The molecule has 7 rings (SSSR count). The number of fused-ring (bicyclic) bond motifs is 4. The number of Topliss-reactive ketones (excluding diaryl/α,β-unsaturated/α-hetero) is 1. The second-order valence-electron chi connectivity index (χ2n) is 12.8. The summed E-state index contributed by atoms with van der Waals surface area (Å²) in [5, 5.41) is 21.1. The molecule has 6 atom stereocenters. The van der Waals surface area contributed by atoms with E-state index < -0.39 is 52.8 Å². The van der Waals surface area contributed by atoms with Crippen molar-refractivity contribution >= 4 is 50.9 Å². The van der Waals surface area contributed by atoms with E-state index in [1.54, 1.807) is 36.4 Å². The number of rotatable bonds is 7. The van der Waals surface area contributed by atoms with Crippen molar-refractivity contribution in [3.8, 4) is 11.5 Å². The number of carbonyl (C=O) groups excluding carboxylic acids is 4. The number of halogens is 1. The van der Waals surface area contributed by atoms with Crippen LogP contribution in [0.25, 0.3) is 5.57 Å². The number of aliphatic carboxylic acids is 1. The van der Waals surface area contributed by atoms with Gasteiger partial charge in [0.25, 0.3) is 0 Å². The third-order valence-electron chi connectivity index (χ3n) is 10.6. The molecule has 3 aliphatic carbocycles. The number of carboxylic acid groups (broad SMARTS) is 1. The maximum Gasteiger partial charge on any atom is 0.305 e. The Morgan fingerprint density at radius 3 is 2.33 bits per heavy atom. The molecule has 1 saturated heterocycles. The van der Waals surface area contributed by atoms with Crippen molar-refractivity contribution in [3.63, 3.8) is 0 Å².